The van der Waals surface area contributed by atoms with Gasteiger partial charge in [0, 0.05) is 16.9 Å². The summed E-state index contributed by atoms with van der Waals surface area (Å²) in [5.41, 5.74) is 1.56. The lowest BCUT2D eigenvalue weighted by molar-refractivity contribution is -0.139. The van der Waals surface area contributed by atoms with Gasteiger partial charge in [0.05, 0.1) is 12.1 Å². The van der Waals surface area contributed by atoms with Gasteiger partial charge in [-0.15, -0.1) is 0 Å². The van der Waals surface area contributed by atoms with Gasteiger partial charge in [-0.1, -0.05) is 0 Å². The van der Waals surface area contributed by atoms with Gasteiger partial charge in [-0.3, -0.25) is 4.79 Å². The first-order valence-electron chi connectivity index (χ1n) is 7.35. The van der Waals surface area contributed by atoms with Crippen LogP contribution >= 0.6 is 0 Å². The number of carboxylic acids is 1. The minimum atomic E-state index is -2.76. The van der Waals surface area contributed by atoms with E-state index in [1.807, 2.05) is 0 Å². The zero-order valence-corrected chi connectivity index (χ0v) is 13.6. The molecule has 0 aliphatic rings. The topological polar surface area (TPSA) is 93.5 Å². The summed E-state index contributed by atoms with van der Waals surface area (Å²) < 4.78 is 31.2. The standard InChI is InChI=1S/C16H17F2N3O4/c1-9-13(10(2)21(20-9)16(17)18)7-14(22)19-11-3-5-12(6-4-11)25-8-15(23)24/h3-6,16H,7-8H2,1-2H3,(H,19,22)(H,23,24). The van der Waals surface area contributed by atoms with Crippen LogP contribution in [-0.4, -0.2) is 33.4 Å². The Morgan fingerprint density at radius 2 is 1.92 bits per heavy atom. The second kappa shape index (κ2) is 7.73. The fourth-order valence-electron chi connectivity index (χ4n) is 2.29. The van der Waals surface area contributed by atoms with Crippen LogP contribution in [0.3, 0.4) is 0 Å². The van der Waals surface area contributed by atoms with Crippen molar-refractivity contribution in [1.82, 2.24) is 9.78 Å². The minimum absolute atomic E-state index is 0.0817. The predicted octanol–water partition coefficient (Wildman–Crippen LogP) is 2.54. The maximum atomic E-state index is 12.8. The molecule has 0 aliphatic heterocycles. The quantitative estimate of drug-likeness (QED) is 0.798. The van der Waals surface area contributed by atoms with Gasteiger partial charge in [-0.05, 0) is 38.1 Å². The molecule has 1 heterocycles. The number of ether oxygens (including phenoxy) is 1. The summed E-state index contributed by atoms with van der Waals surface area (Å²) in [7, 11) is 0. The number of benzene rings is 1. The smallest absolute Gasteiger partial charge is 0.341 e. The Bertz CT molecular complexity index is 772. The number of alkyl halides is 2. The van der Waals surface area contributed by atoms with E-state index in [4.69, 9.17) is 9.84 Å². The van der Waals surface area contributed by atoms with Crippen LogP contribution in [-0.2, 0) is 16.0 Å². The van der Waals surface area contributed by atoms with Crippen LogP contribution in [0.1, 0.15) is 23.5 Å². The molecule has 0 fully saturated rings. The molecule has 7 nitrogen and oxygen atoms in total. The second-order valence-electron chi connectivity index (χ2n) is 5.30. The lowest BCUT2D eigenvalue weighted by atomic mass is 10.1. The molecule has 0 atom stereocenters. The van der Waals surface area contributed by atoms with Crippen LogP contribution in [0, 0.1) is 13.8 Å². The monoisotopic (exact) mass is 353 g/mol. The third-order valence-corrected chi connectivity index (χ3v) is 3.50. The highest BCUT2D eigenvalue weighted by molar-refractivity contribution is 5.92. The average Bonchev–Trinajstić information content (AvgIpc) is 2.82. The van der Waals surface area contributed by atoms with Crippen molar-refractivity contribution in [3.05, 3.63) is 41.2 Å². The summed E-state index contributed by atoms with van der Waals surface area (Å²) in [6, 6.07) is 6.14. The van der Waals surface area contributed by atoms with Crippen molar-refractivity contribution in [2.45, 2.75) is 26.8 Å². The van der Waals surface area contributed by atoms with Gasteiger partial charge >= 0.3 is 12.5 Å². The number of nitrogens with zero attached hydrogens (tertiary/aromatic N) is 2. The molecule has 1 amide bonds. The van der Waals surface area contributed by atoms with Crippen LogP contribution in [0.15, 0.2) is 24.3 Å². The number of carbonyl (C=O) groups is 2. The predicted molar refractivity (Wildman–Crippen MR) is 84.9 cm³/mol. The van der Waals surface area contributed by atoms with Gasteiger partial charge in [0.15, 0.2) is 6.61 Å². The summed E-state index contributed by atoms with van der Waals surface area (Å²) >= 11 is 0. The van der Waals surface area contributed by atoms with Crippen LogP contribution in [0.2, 0.25) is 0 Å². The van der Waals surface area contributed by atoms with Crippen molar-refractivity contribution in [2.75, 3.05) is 11.9 Å². The Balaban J connectivity index is 2.00. The number of rotatable bonds is 7. The largest absolute Gasteiger partial charge is 0.482 e. The van der Waals surface area contributed by atoms with Gasteiger partial charge in [0.1, 0.15) is 5.75 Å². The highest BCUT2D eigenvalue weighted by atomic mass is 19.3. The van der Waals surface area contributed by atoms with Crippen molar-refractivity contribution in [2.24, 2.45) is 0 Å². The van der Waals surface area contributed by atoms with Crippen molar-refractivity contribution >= 4 is 17.6 Å². The van der Waals surface area contributed by atoms with E-state index in [1.54, 1.807) is 19.1 Å². The van der Waals surface area contributed by atoms with E-state index in [9.17, 15) is 18.4 Å². The number of carboxylic acid groups (broad SMARTS) is 1. The molecule has 25 heavy (non-hydrogen) atoms. The number of aliphatic carboxylic acids is 1. The van der Waals surface area contributed by atoms with Crippen LogP contribution < -0.4 is 10.1 Å². The van der Waals surface area contributed by atoms with Crippen molar-refractivity contribution in [3.63, 3.8) is 0 Å². The number of hydrogen-bond donors (Lipinski definition) is 2. The van der Waals surface area contributed by atoms with E-state index in [-0.39, 0.29) is 18.0 Å². The number of nitrogens with one attached hydrogen (secondary N) is 1. The first-order valence-corrected chi connectivity index (χ1v) is 7.35. The Morgan fingerprint density at radius 3 is 2.44 bits per heavy atom. The molecule has 9 heteroatoms. The van der Waals surface area contributed by atoms with E-state index < -0.39 is 19.1 Å². The third kappa shape index (κ3) is 4.75. The Hall–Kier alpha value is -2.97. The first-order chi connectivity index (χ1) is 11.8. The molecular weight excluding hydrogens is 336 g/mol. The summed E-state index contributed by atoms with van der Waals surface area (Å²) in [5.74, 6) is -1.11. The SMILES string of the molecule is Cc1nn(C(F)F)c(C)c1CC(=O)Nc1ccc(OCC(=O)O)cc1. The third-order valence-electron chi connectivity index (χ3n) is 3.50. The number of hydrogen-bond acceptors (Lipinski definition) is 4. The highest BCUT2D eigenvalue weighted by Crippen LogP contribution is 2.21. The highest BCUT2D eigenvalue weighted by Gasteiger charge is 2.19. The van der Waals surface area contributed by atoms with Gasteiger partial charge in [-0.25, -0.2) is 9.48 Å². The first kappa shape index (κ1) is 18.4. The molecule has 0 aliphatic carbocycles. The summed E-state index contributed by atoms with van der Waals surface area (Å²) in [4.78, 5) is 22.5. The lowest BCUT2D eigenvalue weighted by Crippen LogP contribution is -2.15. The molecule has 0 spiro atoms. The van der Waals surface area contributed by atoms with Gasteiger partial charge < -0.3 is 15.2 Å². The normalized spacial score (nSPS) is 10.8. The number of aryl methyl sites for hydroxylation is 1. The molecular formula is C16H17F2N3O4. The molecule has 2 N–H and O–H groups in total. The summed E-state index contributed by atoms with van der Waals surface area (Å²) in [6.07, 6.45) is -0.0817. The maximum absolute atomic E-state index is 12.8. The molecule has 0 bridgehead atoms. The number of aromatic nitrogens is 2. The Morgan fingerprint density at radius 1 is 1.28 bits per heavy atom. The zero-order chi connectivity index (χ0) is 18.6. The van der Waals surface area contributed by atoms with Gasteiger partial charge in [0.25, 0.3) is 0 Å². The molecule has 2 aromatic rings. The fourth-order valence-corrected chi connectivity index (χ4v) is 2.29. The van der Waals surface area contributed by atoms with Crippen LogP contribution in [0.4, 0.5) is 14.5 Å². The minimum Gasteiger partial charge on any atom is -0.482 e. The zero-order valence-electron chi connectivity index (χ0n) is 13.6. The molecule has 1 aromatic carbocycles. The number of carbonyl (C=O) groups excluding carboxylic acids is 1. The molecule has 0 saturated carbocycles. The van der Waals surface area contributed by atoms with E-state index >= 15 is 0 Å². The molecule has 0 radical (unpaired) electrons. The average molecular weight is 353 g/mol. The number of amides is 1. The summed E-state index contributed by atoms with van der Waals surface area (Å²) in [6.45, 7) is -0.154. The maximum Gasteiger partial charge on any atom is 0.341 e. The van der Waals surface area contributed by atoms with E-state index in [0.717, 1.165) is 0 Å². The Kier molecular flexibility index (Phi) is 5.68. The Labute approximate surface area is 142 Å². The van der Waals surface area contributed by atoms with Crippen LogP contribution in [0.5, 0.6) is 5.75 Å². The second-order valence-corrected chi connectivity index (χ2v) is 5.30. The fraction of sp³-hybridized carbons (Fsp3) is 0.312. The number of anilines is 1. The van der Waals surface area contributed by atoms with E-state index in [1.165, 1.54) is 19.1 Å². The van der Waals surface area contributed by atoms with Crippen molar-refractivity contribution < 1.29 is 28.2 Å². The van der Waals surface area contributed by atoms with E-state index in [0.29, 0.717) is 27.4 Å². The molecule has 0 unspecified atom stereocenters. The van der Waals surface area contributed by atoms with Crippen molar-refractivity contribution in [3.8, 4) is 5.75 Å². The summed E-state index contributed by atoms with van der Waals surface area (Å²) in [5, 5.41) is 14.9. The number of halogens is 2. The van der Waals surface area contributed by atoms with Gasteiger partial charge in [-0.2, -0.15) is 13.9 Å². The lowest BCUT2D eigenvalue weighted by Gasteiger charge is -2.08. The molecule has 2 rings (SSSR count). The van der Waals surface area contributed by atoms with Gasteiger partial charge in [0.2, 0.25) is 5.91 Å². The molecule has 134 valence electrons. The molecule has 0 saturated heterocycles. The van der Waals surface area contributed by atoms with E-state index in [2.05, 4.69) is 10.4 Å². The molecule has 1 aromatic heterocycles. The van der Waals surface area contributed by atoms with Crippen LogP contribution in [0.25, 0.3) is 0 Å². The van der Waals surface area contributed by atoms with Crippen molar-refractivity contribution in [1.29, 1.82) is 0 Å².